The number of hydrogen-bond acceptors (Lipinski definition) is 5. The first-order valence-electron chi connectivity index (χ1n) is 9.87. The molecule has 5 heteroatoms. The summed E-state index contributed by atoms with van der Waals surface area (Å²) in [6, 6.07) is 12.2. The Kier molecular flexibility index (Phi) is 7.06. The average Bonchev–Trinajstić information content (AvgIpc) is 2.78. The van der Waals surface area contributed by atoms with Crippen LogP contribution in [0.15, 0.2) is 48.5 Å². The minimum absolute atomic E-state index is 0.0128. The van der Waals surface area contributed by atoms with Crippen molar-refractivity contribution in [1.29, 1.82) is 0 Å². The average molecular weight is 394 g/mol. The van der Waals surface area contributed by atoms with Gasteiger partial charge in [-0.1, -0.05) is 37.5 Å². The molecular formula is C24H26O5. The Labute approximate surface area is 171 Å². The summed E-state index contributed by atoms with van der Waals surface area (Å²) in [6.07, 6.45) is 8.41. The lowest BCUT2D eigenvalue weighted by Gasteiger charge is -2.19. The fraction of sp³-hybridized carbons (Fsp3) is 0.333. The first kappa shape index (κ1) is 20.6. The molecular weight excluding hydrogens is 368 g/mol. The Balaban J connectivity index is 1.64. The van der Waals surface area contributed by atoms with E-state index in [-0.39, 0.29) is 17.7 Å². The van der Waals surface area contributed by atoms with Crippen molar-refractivity contribution in [1.82, 2.24) is 0 Å². The van der Waals surface area contributed by atoms with Crippen LogP contribution in [0, 0.1) is 5.92 Å². The predicted molar refractivity (Wildman–Crippen MR) is 112 cm³/mol. The maximum Gasteiger partial charge on any atom is 0.314 e. The van der Waals surface area contributed by atoms with E-state index in [0.717, 1.165) is 31.2 Å². The molecule has 29 heavy (non-hydrogen) atoms. The van der Waals surface area contributed by atoms with E-state index in [1.165, 1.54) is 19.6 Å². The van der Waals surface area contributed by atoms with Crippen molar-refractivity contribution in [2.45, 2.75) is 32.1 Å². The van der Waals surface area contributed by atoms with E-state index in [0.29, 0.717) is 22.8 Å². The van der Waals surface area contributed by atoms with E-state index in [4.69, 9.17) is 14.2 Å². The number of carbonyl (C=O) groups excluding carboxylic acids is 2. The lowest BCUT2D eigenvalue weighted by atomic mass is 9.89. The quantitative estimate of drug-likeness (QED) is 0.283. The van der Waals surface area contributed by atoms with Gasteiger partial charge in [-0.15, -0.1) is 0 Å². The zero-order valence-electron chi connectivity index (χ0n) is 16.9. The second-order valence-electron chi connectivity index (χ2n) is 7.09. The number of methoxy groups -OCH3 is 2. The molecule has 0 saturated heterocycles. The van der Waals surface area contributed by atoms with Gasteiger partial charge < -0.3 is 14.2 Å². The van der Waals surface area contributed by atoms with Crippen LogP contribution in [0.4, 0.5) is 0 Å². The highest BCUT2D eigenvalue weighted by Crippen LogP contribution is 2.27. The molecule has 0 radical (unpaired) electrons. The standard InChI is InChI=1S/C24H26O5/c1-27-20-13-15-23(28-2)21(16-20)22(25)14-10-17-8-11-19(12-9-17)29-24(26)18-6-4-3-5-7-18/h8-16,18H,3-7H2,1-2H3/b14-10+. The Morgan fingerprint density at radius 2 is 1.59 bits per heavy atom. The summed E-state index contributed by atoms with van der Waals surface area (Å²) in [4.78, 5) is 24.8. The minimum atomic E-state index is -0.187. The first-order chi connectivity index (χ1) is 14.1. The maximum absolute atomic E-state index is 12.6. The number of carbonyl (C=O) groups is 2. The number of ether oxygens (including phenoxy) is 3. The van der Waals surface area contributed by atoms with Gasteiger partial charge in [0.25, 0.3) is 0 Å². The van der Waals surface area contributed by atoms with E-state index in [9.17, 15) is 9.59 Å². The van der Waals surface area contributed by atoms with E-state index in [1.54, 1.807) is 43.5 Å². The fourth-order valence-electron chi connectivity index (χ4n) is 3.45. The molecule has 2 aromatic rings. The van der Waals surface area contributed by atoms with Crippen molar-refractivity contribution < 1.29 is 23.8 Å². The fourth-order valence-corrected chi connectivity index (χ4v) is 3.45. The molecule has 1 saturated carbocycles. The van der Waals surface area contributed by atoms with Gasteiger partial charge in [0, 0.05) is 0 Å². The van der Waals surface area contributed by atoms with Crippen molar-refractivity contribution in [3.05, 3.63) is 59.7 Å². The molecule has 0 unspecified atom stereocenters. The second kappa shape index (κ2) is 9.92. The highest BCUT2D eigenvalue weighted by molar-refractivity contribution is 6.08. The van der Waals surface area contributed by atoms with Crippen LogP contribution >= 0.6 is 0 Å². The Hall–Kier alpha value is -3.08. The van der Waals surface area contributed by atoms with Crippen LogP contribution in [0.5, 0.6) is 17.2 Å². The molecule has 0 amide bonds. The van der Waals surface area contributed by atoms with Crippen LogP contribution in [-0.2, 0) is 4.79 Å². The van der Waals surface area contributed by atoms with Crippen LogP contribution in [0.2, 0.25) is 0 Å². The van der Waals surface area contributed by atoms with Crippen LogP contribution in [-0.4, -0.2) is 26.0 Å². The zero-order chi connectivity index (χ0) is 20.6. The third-order valence-corrected chi connectivity index (χ3v) is 5.14. The molecule has 0 bridgehead atoms. The van der Waals surface area contributed by atoms with Crippen LogP contribution in [0.1, 0.15) is 48.0 Å². The third-order valence-electron chi connectivity index (χ3n) is 5.14. The topological polar surface area (TPSA) is 61.8 Å². The summed E-state index contributed by atoms with van der Waals surface area (Å²) >= 11 is 0. The van der Waals surface area contributed by atoms with Crippen LogP contribution < -0.4 is 14.2 Å². The third kappa shape index (κ3) is 5.47. The predicted octanol–water partition coefficient (Wildman–Crippen LogP) is 5.09. The molecule has 5 nitrogen and oxygen atoms in total. The van der Waals surface area contributed by atoms with Crippen molar-refractivity contribution in [2.75, 3.05) is 14.2 Å². The molecule has 1 aliphatic carbocycles. The summed E-state index contributed by atoms with van der Waals surface area (Å²) in [7, 11) is 3.07. The molecule has 0 aromatic heterocycles. The van der Waals surface area contributed by atoms with Gasteiger partial charge in [0.2, 0.25) is 0 Å². The largest absolute Gasteiger partial charge is 0.497 e. The molecule has 0 heterocycles. The second-order valence-corrected chi connectivity index (χ2v) is 7.09. The lowest BCUT2D eigenvalue weighted by molar-refractivity contribution is -0.139. The highest BCUT2D eigenvalue weighted by Gasteiger charge is 2.22. The number of rotatable bonds is 7. The highest BCUT2D eigenvalue weighted by atomic mass is 16.5. The number of allylic oxidation sites excluding steroid dienone is 1. The van der Waals surface area contributed by atoms with E-state index >= 15 is 0 Å². The van der Waals surface area contributed by atoms with Crippen molar-refractivity contribution >= 4 is 17.8 Å². The Morgan fingerprint density at radius 3 is 2.24 bits per heavy atom. The number of esters is 1. The molecule has 1 aliphatic rings. The van der Waals surface area contributed by atoms with Gasteiger partial charge in [-0.2, -0.15) is 0 Å². The lowest BCUT2D eigenvalue weighted by Crippen LogP contribution is -2.22. The van der Waals surface area contributed by atoms with Crippen molar-refractivity contribution in [3.8, 4) is 17.2 Å². The van der Waals surface area contributed by atoms with E-state index < -0.39 is 0 Å². The summed E-state index contributed by atoms with van der Waals surface area (Å²) in [6.45, 7) is 0. The molecule has 3 rings (SSSR count). The molecule has 152 valence electrons. The summed E-state index contributed by atoms with van der Waals surface area (Å²) in [5.41, 5.74) is 1.26. The minimum Gasteiger partial charge on any atom is -0.497 e. The maximum atomic E-state index is 12.6. The number of benzene rings is 2. The van der Waals surface area contributed by atoms with Gasteiger partial charge in [-0.05, 0) is 54.8 Å². The normalized spacial score (nSPS) is 14.6. The molecule has 0 N–H and O–H groups in total. The van der Waals surface area contributed by atoms with Gasteiger partial charge in [0.15, 0.2) is 5.78 Å². The van der Waals surface area contributed by atoms with Crippen LogP contribution in [0.3, 0.4) is 0 Å². The van der Waals surface area contributed by atoms with Gasteiger partial charge in [-0.3, -0.25) is 9.59 Å². The summed E-state index contributed by atoms with van der Waals surface area (Å²) in [5, 5.41) is 0. The van der Waals surface area contributed by atoms with E-state index in [2.05, 4.69) is 0 Å². The first-order valence-corrected chi connectivity index (χ1v) is 9.87. The number of hydrogen-bond donors (Lipinski definition) is 0. The molecule has 0 atom stereocenters. The smallest absolute Gasteiger partial charge is 0.314 e. The van der Waals surface area contributed by atoms with Crippen molar-refractivity contribution in [3.63, 3.8) is 0 Å². The molecule has 0 spiro atoms. The van der Waals surface area contributed by atoms with Gasteiger partial charge in [-0.25, -0.2) is 0 Å². The SMILES string of the molecule is COc1ccc(OC)c(C(=O)/C=C/c2ccc(OC(=O)C3CCCCC3)cc2)c1. The molecule has 2 aromatic carbocycles. The summed E-state index contributed by atoms with van der Waals surface area (Å²) < 4.78 is 15.9. The molecule has 0 aliphatic heterocycles. The van der Waals surface area contributed by atoms with Gasteiger partial charge in [0.1, 0.15) is 17.2 Å². The Morgan fingerprint density at radius 1 is 0.897 bits per heavy atom. The number of ketones is 1. The monoisotopic (exact) mass is 394 g/mol. The van der Waals surface area contributed by atoms with Crippen LogP contribution in [0.25, 0.3) is 6.08 Å². The van der Waals surface area contributed by atoms with Crippen molar-refractivity contribution in [2.24, 2.45) is 5.92 Å². The van der Waals surface area contributed by atoms with Gasteiger partial charge in [0.05, 0.1) is 25.7 Å². The zero-order valence-corrected chi connectivity index (χ0v) is 16.9. The molecule has 1 fully saturated rings. The van der Waals surface area contributed by atoms with E-state index in [1.807, 2.05) is 12.1 Å². The summed E-state index contributed by atoms with van der Waals surface area (Å²) in [5.74, 6) is 1.29. The van der Waals surface area contributed by atoms with Gasteiger partial charge >= 0.3 is 5.97 Å². The Bertz CT molecular complexity index is 877.